The van der Waals surface area contributed by atoms with Crippen LogP contribution in [0, 0.1) is 0 Å². The number of nitrogens with zero attached hydrogens (tertiary/aromatic N) is 1. The highest BCUT2D eigenvalue weighted by molar-refractivity contribution is 6.31. The van der Waals surface area contributed by atoms with Crippen LogP contribution in [0.1, 0.15) is 40.6 Å². The van der Waals surface area contributed by atoms with Crippen molar-refractivity contribution in [3.05, 3.63) is 68.5 Å². The van der Waals surface area contributed by atoms with Crippen LogP contribution < -0.4 is 14.9 Å². The van der Waals surface area contributed by atoms with Gasteiger partial charge in [-0.3, -0.25) is 9.59 Å². The number of carbonyl (C=O) groups excluding carboxylic acids is 1. The highest BCUT2D eigenvalue weighted by Gasteiger charge is 2.44. The van der Waals surface area contributed by atoms with E-state index < -0.39 is 6.04 Å². The number of carbonyl (C=O) groups is 1. The summed E-state index contributed by atoms with van der Waals surface area (Å²) in [6.07, 6.45) is 1.72. The summed E-state index contributed by atoms with van der Waals surface area (Å²) in [6.45, 7) is 1.03. The van der Waals surface area contributed by atoms with Gasteiger partial charge < -0.3 is 23.5 Å². The fourth-order valence-electron chi connectivity index (χ4n) is 4.56. The molecule has 166 valence electrons. The van der Waals surface area contributed by atoms with E-state index in [4.69, 9.17) is 30.2 Å². The standard InChI is InChI=1S/C24H22ClNO6/c1-29-18-7-5-13(10-19(18)30-2)21-20-22(27)16-11-14(25)6-8-17(16)32-23(20)24(28)26(21)12-15-4-3-9-31-15/h5-8,10-11,15,21H,3-4,9,12H2,1-2H3/t15-,21-/m1/s1. The lowest BCUT2D eigenvalue weighted by atomic mass is 9.97. The van der Waals surface area contributed by atoms with E-state index in [-0.39, 0.29) is 23.2 Å². The maximum absolute atomic E-state index is 13.6. The van der Waals surface area contributed by atoms with Gasteiger partial charge in [0.25, 0.3) is 5.91 Å². The molecule has 1 fully saturated rings. The van der Waals surface area contributed by atoms with Crippen LogP contribution in [-0.4, -0.2) is 44.3 Å². The van der Waals surface area contributed by atoms with E-state index in [1.807, 2.05) is 6.07 Å². The second-order valence-electron chi connectivity index (χ2n) is 7.92. The van der Waals surface area contributed by atoms with E-state index in [0.29, 0.717) is 46.2 Å². The molecule has 3 heterocycles. The molecule has 2 atom stereocenters. The summed E-state index contributed by atoms with van der Waals surface area (Å²) in [4.78, 5) is 28.7. The van der Waals surface area contributed by atoms with Gasteiger partial charge in [-0.15, -0.1) is 0 Å². The number of hydrogen-bond donors (Lipinski definition) is 0. The van der Waals surface area contributed by atoms with E-state index in [1.165, 1.54) is 0 Å². The minimum Gasteiger partial charge on any atom is -0.493 e. The van der Waals surface area contributed by atoms with Gasteiger partial charge in [-0.05, 0) is 48.7 Å². The van der Waals surface area contributed by atoms with Crippen LogP contribution in [0.2, 0.25) is 5.02 Å². The summed E-state index contributed by atoms with van der Waals surface area (Å²) in [6, 6.07) is 9.56. The third-order valence-electron chi connectivity index (χ3n) is 6.08. The molecule has 2 aromatic carbocycles. The van der Waals surface area contributed by atoms with Crippen LogP contribution in [0.5, 0.6) is 11.5 Å². The molecule has 1 amide bonds. The number of hydrogen-bond acceptors (Lipinski definition) is 6. The van der Waals surface area contributed by atoms with Gasteiger partial charge in [0.05, 0.1) is 37.3 Å². The summed E-state index contributed by atoms with van der Waals surface area (Å²) in [5, 5.41) is 0.765. The molecular formula is C24H22ClNO6. The maximum Gasteiger partial charge on any atom is 0.291 e. The van der Waals surface area contributed by atoms with Gasteiger partial charge in [0, 0.05) is 18.2 Å². The summed E-state index contributed by atoms with van der Waals surface area (Å²) >= 11 is 6.13. The molecule has 0 saturated carbocycles. The number of ether oxygens (including phenoxy) is 3. The first-order valence-corrected chi connectivity index (χ1v) is 10.8. The number of benzene rings is 2. The van der Waals surface area contributed by atoms with E-state index in [0.717, 1.165) is 18.4 Å². The Balaban J connectivity index is 1.71. The molecule has 3 aromatic rings. The quantitative estimate of drug-likeness (QED) is 0.574. The fourth-order valence-corrected chi connectivity index (χ4v) is 4.73. The Hall–Kier alpha value is -3.03. The van der Waals surface area contributed by atoms with Crippen LogP contribution in [0.25, 0.3) is 11.0 Å². The molecule has 32 heavy (non-hydrogen) atoms. The van der Waals surface area contributed by atoms with Crippen molar-refractivity contribution >= 4 is 28.5 Å². The van der Waals surface area contributed by atoms with Crippen LogP contribution >= 0.6 is 11.6 Å². The number of fused-ring (bicyclic) bond motifs is 2. The zero-order valence-electron chi connectivity index (χ0n) is 17.7. The molecule has 0 aliphatic carbocycles. The van der Waals surface area contributed by atoms with Gasteiger partial charge in [0.2, 0.25) is 5.76 Å². The lowest BCUT2D eigenvalue weighted by Crippen LogP contribution is -2.36. The Morgan fingerprint density at radius 2 is 1.91 bits per heavy atom. The highest BCUT2D eigenvalue weighted by atomic mass is 35.5. The smallest absolute Gasteiger partial charge is 0.291 e. The highest BCUT2D eigenvalue weighted by Crippen LogP contribution is 2.41. The van der Waals surface area contributed by atoms with Gasteiger partial charge in [0.1, 0.15) is 5.58 Å². The first kappa shape index (κ1) is 20.8. The molecule has 0 radical (unpaired) electrons. The Morgan fingerprint density at radius 1 is 1.09 bits per heavy atom. The maximum atomic E-state index is 13.6. The summed E-state index contributed by atoms with van der Waals surface area (Å²) in [7, 11) is 3.10. The van der Waals surface area contributed by atoms with Crippen molar-refractivity contribution < 1.29 is 23.4 Å². The predicted molar refractivity (Wildman–Crippen MR) is 119 cm³/mol. The lowest BCUT2D eigenvalue weighted by Gasteiger charge is -2.27. The number of halogens is 1. The van der Waals surface area contributed by atoms with E-state index in [1.54, 1.807) is 49.5 Å². The van der Waals surface area contributed by atoms with Crippen molar-refractivity contribution in [2.45, 2.75) is 25.0 Å². The predicted octanol–water partition coefficient (Wildman–Crippen LogP) is 4.19. The van der Waals surface area contributed by atoms with Gasteiger partial charge >= 0.3 is 0 Å². The van der Waals surface area contributed by atoms with Gasteiger partial charge in [-0.25, -0.2) is 0 Å². The molecule has 7 nitrogen and oxygen atoms in total. The molecule has 1 aromatic heterocycles. The first-order valence-electron chi connectivity index (χ1n) is 10.4. The molecule has 0 spiro atoms. The molecule has 5 rings (SSSR count). The molecule has 1 saturated heterocycles. The third kappa shape index (κ3) is 3.32. The third-order valence-corrected chi connectivity index (χ3v) is 6.31. The van der Waals surface area contributed by atoms with Gasteiger partial charge in [-0.2, -0.15) is 0 Å². The summed E-state index contributed by atoms with van der Waals surface area (Å²) in [5.41, 5.74) is 1.08. The van der Waals surface area contributed by atoms with Gasteiger partial charge in [0.15, 0.2) is 16.9 Å². The van der Waals surface area contributed by atoms with Crippen LogP contribution in [0.3, 0.4) is 0 Å². The average molecular weight is 456 g/mol. The van der Waals surface area contributed by atoms with Crippen molar-refractivity contribution in [2.75, 3.05) is 27.4 Å². The van der Waals surface area contributed by atoms with Crippen molar-refractivity contribution in [3.8, 4) is 11.5 Å². The second kappa shape index (κ2) is 8.15. The Kier molecular flexibility index (Phi) is 5.31. The Bertz CT molecular complexity index is 1260. The van der Waals surface area contributed by atoms with E-state index in [9.17, 15) is 9.59 Å². The molecule has 2 aliphatic heterocycles. The number of amides is 1. The lowest BCUT2D eigenvalue weighted by molar-refractivity contribution is 0.0486. The fraction of sp³-hybridized carbons (Fsp3) is 0.333. The van der Waals surface area contributed by atoms with Gasteiger partial charge in [-0.1, -0.05) is 17.7 Å². The zero-order valence-corrected chi connectivity index (χ0v) is 18.5. The van der Waals surface area contributed by atoms with E-state index >= 15 is 0 Å². The van der Waals surface area contributed by atoms with Crippen molar-refractivity contribution in [1.82, 2.24) is 4.90 Å². The molecule has 2 aliphatic rings. The SMILES string of the molecule is COc1ccc([C@@H]2c3c(oc4ccc(Cl)cc4c3=O)C(=O)N2C[C@H]2CCCO2)cc1OC. The topological polar surface area (TPSA) is 78.2 Å². The monoisotopic (exact) mass is 455 g/mol. The second-order valence-corrected chi connectivity index (χ2v) is 8.36. The molecular weight excluding hydrogens is 434 g/mol. The van der Waals surface area contributed by atoms with Crippen molar-refractivity contribution in [2.24, 2.45) is 0 Å². The number of rotatable bonds is 5. The Morgan fingerprint density at radius 3 is 2.62 bits per heavy atom. The molecule has 8 heteroatoms. The average Bonchev–Trinajstić information content (AvgIpc) is 3.41. The van der Waals surface area contributed by atoms with Crippen molar-refractivity contribution in [3.63, 3.8) is 0 Å². The van der Waals surface area contributed by atoms with Crippen molar-refractivity contribution in [1.29, 1.82) is 0 Å². The van der Waals surface area contributed by atoms with E-state index in [2.05, 4.69) is 0 Å². The van der Waals surface area contributed by atoms with Crippen LogP contribution in [0.15, 0.2) is 45.6 Å². The normalized spacial score (nSPS) is 20.1. The molecule has 0 bridgehead atoms. The molecule has 0 N–H and O–H groups in total. The largest absolute Gasteiger partial charge is 0.493 e. The summed E-state index contributed by atoms with van der Waals surface area (Å²) in [5.74, 6) is 0.798. The summed E-state index contributed by atoms with van der Waals surface area (Å²) < 4.78 is 22.6. The zero-order chi connectivity index (χ0) is 22.4. The number of methoxy groups -OCH3 is 2. The van der Waals surface area contributed by atoms with Crippen LogP contribution in [-0.2, 0) is 4.74 Å². The minimum atomic E-state index is -0.638. The molecule has 0 unspecified atom stereocenters. The first-order chi connectivity index (χ1) is 15.5. The van der Waals surface area contributed by atoms with Crippen LogP contribution in [0.4, 0.5) is 0 Å². The Labute approximate surface area is 189 Å². The minimum absolute atomic E-state index is 0.0580.